The van der Waals surface area contributed by atoms with Crippen LogP contribution in [0.3, 0.4) is 0 Å². The molecule has 0 saturated carbocycles. The Bertz CT molecular complexity index is 835. The van der Waals surface area contributed by atoms with Crippen molar-refractivity contribution in [2.45, 2.75) is 56.0 Å². The van der Waals surface area contributed by atoms with Crippen LogP contribution < -0.4 is 5.32 Å². The van der Waals surface area contributed by atoms with Crippen LogP contribution in [-0.2, 0) is 9.84 Å². The fourth-order valence-corrected chi connectivity index (χ4v) is 5.91. The number of phenols is 2. The zero-order valence-electron chi connectivity index (χ0n) is 14.6. The fraction of sp³-hybridized carbons (Fsp3) is 0.474. The second-order valence-corrected chi connectivity index (χ2v) is 8.84. The molecular formula is C19H25NO4S. The zero-order valence-corrected chi connectivity index (χ0v) is 15.4. The minimum atomic E-state index is -3.61. The summed E-state index contributed by atoms with van der Waals surface area (Å²) < 4.78 is 26.1. The molecule has 1 aliphatic carbocycles. The number of hydrogen-bond acceptors (Lipinski definition) is 5. The zero-order chi connectivity index (χ0) is 18.2. The van der Waals surface area contributed by atoms with Gasteiger partial charge in [-0.25, -0.2) is 8.42 Å². The van der Waals surface area contributed by atoms with E-state index < -0.39 is 21.1 Å². The monoisotopic (exact) mass is 363 g/mol. The molecule has 3 N–H and O–H groups in total. The van der Waals surface area contributed by atoms with Crippen molar-refractivity contribution >= 4 is 9.84 Å². The smallest absolute Gasteiger partial charge is 0.180 e. The number of sulfone groups is 1. The van der Waals surface area contributed by atoms with E-state index in [2.05, 4.69) is 17.5 Å². The van der Waals surface area contributed by atoms with Crippen LogP contribution >= 0.6 is 0 Å². The highest BCUT2D eigenvalue weighted by Crippen LogP contribution is 2.42. The van der Waals surface area contributed by atoms with Crippen LogP contribution in [0, 0.1) is 0 Å². The molecule has 0 fully saturated rings. The van der Waals surface area contributed by atoms with Crippen molar-refractivity contribution < 1.29 is 18.6 Å². The van der Waals surface area contributed by atoms with E-state index in [1.807, 2.05) is 19.9 Å². The lowest BCUT2D eigenvalue weighted by Gasteiger charge is -2.35. The van der Waals surface area contributed by atoms with Crippen molar-refractivity contribution in [1.82, 2.24) is 5.32 Å². The number of allylic oxidation sites excluding steroid dienone is 2. The fourth-order valence-electron chi connectivity index (χ4n) is 3.70. The number of nitrogens with one attached hydrogen (secondary N) is 1. The predicted octanol–water partition coefficient (Wildman–Crippen LogP) is 3.35. The first kappa shape index (κ1) is 18.0. The van der Waals surface area contributed by atoms with Gasteiger partial charge in [-0.1, -0.05) is 32.1 Å². The van der Waals surface area contributed by atoms with E-state index in [-0.39, 0.29) is 22.4 Å². The molecule has 0 amide bonds. The molecule has 25 heavy (non-hydrogen) atoms. The standard InChI is InChI=1S/C19H25NO4S/c1-3-19(4-2)12-25(23,24)17-11-16(22)15(21)10-14(17)18(20-19)13-8-6-5-7-9-13/h6,8-11,18,20-22H,3-5,7,12H2,1-2H3. The summed E-state index contributed by atoms with van der Waals surface area (Å²) in [6.07, 6.45) is 9.42. The summed E-state index contributed by atoms with van der Waals surface area (Å²) >= 11 is 0. The van der Waals surface area contributed by atoms with Crippen molar-refractivity contribution in [3.05, 3.63) is 41.5 Å². The van der Waals surface area contributed by atoms with Crippen molar-refractivity contribution in [2.75, 3.05) is 5.75 Å². The van der Waals surface area contributed by atoms with Crippen LogP contribution in [0.5, 0.6) is 11.5 Å². The molecule has 3 rings (SSSR count). The molecule has 1 atom stereocenters. The van der Waals surface area contributed by atoms with Gasteiger partial charge in [-0.2, -0.15) is 0 Å². The van der Waals surface area contributed by atoms with Crippen molar-refractivity contribution in [1.29, 1.82) is 0 Å². The Morgan fingerprint density at radius 1 is 1.16 bits per heavy atom. The van der Waals surface area contributed by atoms with Crippen molar-refractivity contribution in [3.63, 3.8) is 0 Å². The van der Waals surface area contributed by atoms with Gasteiger partial charge >= 0.3 is 0 Å². The summed E-state index contributed by atoms with van der Waals surface area (Å²) in [6, 6.07) is 2.23. The third-order valence-electron chi connectivity index (χ3n) is 5.38. The maximum Gasteiger partial charge on any atom is 0.180 e. The highest BCUT2D eigenvalue weighted by molar-refractivity contribution is 7.91. The van der Waals surface area contributed by atoms with E-state index in [1.54, 1.807) is 0 Å². The molecule has 1 heterocycles. The summed E-state index contributed by atoms with van der Waals surface area (Å²) in [4.78, 5) is 0.101. The Balaban J connectivity index is 2.26. The van der Waals surface area contributed by atoms with E-state index >= 15 is 0 Å². The van der Waals surface area contributed by atoms with Crippen LogP contribution in [0.25, 0.3) is 0 Å². The highest BCUT2D eigenvalue weighted by atomic mass is 32.2. The maximum absolute atomic E-state index is 13.0. The van der Waals surface area contributed by atoms with Crippen molar-refractivity contribution in [3.8, 4) is 11.5 Å². The average Bonchev–Trinajstić information content (AvgIpc) is 2.70. The van der Waals surface area contributed by atoms with Gasteiger partial charge in [0.2, 0.25) is 0 Å². The van der Waals surface area contributed by atoms with E-state index in [0.29, 0.717) is 18.4 Å². The molecule has 0 radical (unpaired) electrons. The molecule has 6 heteroatoms. The average molecular weight is 363 g/mol. The van der Waals surface area contributed by atoms with E-state index in [0.717, 1.165) is 18.4 Å². The number of rotatable bonds is 3. The third-order valence-corrected chi connectivity index (χ3v) is 7.34. The van der Waals surface area contributed by atoms with Gasteiger partial charge in [-0.3, -0.25) is 5.32 Å². The first-order valence-corrected chi connectivity index (χ1v) is 10.4. The van der Waals surface area contributed by atoms with Gasteiger partial charge in [0.1, 0.15) is 0 Å². The molecule has 1 aliphatic heterocycles. The van der Waals surface area contributed by atoms with Gasteiger partial charge < -0.3 is 10.2 Å². The maximum atomic E-state index is 13.0. The van der Waals surface area contributed by atoms with Gasteiger partial charge in [0.05, 0.1) is 16.7 Å². The van der Waals surface area contributed by atoms with Crippen LogP contribution in [0.2, 0.25) is 0 Å². The molecule has 0 spiro atoms. The Morgan fingerprint density at radius 3 is 2.44 bits per heavy atom. The van der Waals surface area contributed by atoms with Gasteiger partial charge in [0.15, 0.2) is 21.3 Å². The van der Waals surface area contributed by atoms with E-state index in [1.165, 1.54) is 12.1 Å². The summed E-state index contributed by atoms with van der Waals surface area (Å²) in [6.45, 7) is 3.97. The third kappa shape index (κ3) is 3.20. The second-order valence-electron chi connectivity index (χ2n) is 6.89. The Hall–Kier alpha value is -1.79. The molecule has 2 aliphatic rings. The second kappa shape index (κ2) is 6.50. The number of benzene rings is 1. The summed E-state index contributed by atoms with van der Waals surface area (Å²) in [5, 5.41) is 23.4. The molecular weight excluding hydrogens is 338 g/mol. The Labute approximate surface area is 149 Å². The minimum Gasteiger partial charge on any atom is -0.504 e. The highest BCUT2D eigenvalue weighted by Gasteiger charge is 2.41. The van der Waals surface area contributed by atoms with Gasteiger partial charge in [0.25, 0.3) is 0 Å². The topological polar surface area (TPSA) is 86.6 Å². The molecule has 1 unspecified atom stereocenters. The lowest BCUT2D eigenvalue weighted by Crippen LogP contribution is -2.49. The van der Waals surface area contributed by atoms with Crippen LogP contribution in [0.4, 0.5) is 0 Å². The van der Waals surface area contributed by atoms with Crippen LogP contribution in [0.15, 0.2) is 40.8 Å². The molecule has 0 aromatic heterocycles. The molecule has 5 nitrogen and oxygen atoms in total. The summed E-state index contributed by atoms with van der Waals surface area (Å²) in [5.41, 5.74) is 0.942. The van der Waals surface area contributed by atoms with E-state index in [9.17, 15) is 18.6 Å². The van der Waals surface area contributed by atoms with Crippen LogP contribution in [0.1, 0.15) is 51.1 Å². The summed E-state index contributed by atoms with van der Waals surface area (Å²) in [7, 11) is -3.61. The first-order valence-electron chi connectivity index (χ1n) is 8.75. The molecule has 0 saturated heterocycles. The lowest BCUT2D eigenvalue weighted by atomic mass is 9.88. The van der Waals surface area contributed by atoms with Gasteiger partial charge in [0, 0.05) is 11.6 Å². The normalized spacial score (nSPS) is 24.2. The number of hydrogen-bond donors (Lipinski definition) is 3. The Kier molecular flexibility index (Phi) is 4.68. The lowest BCUT2D eigenvalue weighted by molar-refractivity contribution is 0.312. The summed E-state index contributed by atoms with van der Waals surface area (Å²) in [5.74, 6) is -0.742. The first-order chi connectivity index (χ1) is 11.8. The minimum absolute atomic E-state index is 0.0301. The number of aromatic hydroxyl groups is 2. The molecule has 1 aromatic carbocycles. The van der Waals surface area contributed by atoms with Crippen molar-refractivity contribution in [2.24, 2.45) is 0 Å². The van der Waals surface area contributed by atoms with E-state index in [4.69, 9.17) is 0 Å². The number of phenolic OH excluding ortho intramolecular Hbond substituents is 2. The molecule has 1 aromatic rings. The van der Waals surface area contributed by atoms with Gasteiger partial charge in [-0.15, -0.1) is 0 Å². The van der Waals surface area contributed by atoms with Gasteiger partial charge in [-0.05, 0) is 42.9 Å². The largest absolute Gasteiger partial charge is 0.504 e. The predicted molar refractivity (Wildman–Crippen MR) is 97.5 cm³/mol. The molecule has 136 valence electrons. The quantitative estimate of drug-likeness (QED) is 0.717. The number of fused-ring (bicyclic) bond motifs is 1. The SMILES string of the molecule is CCC1(CC)CS(=O)(=O)c2cc(O)c(O)cc2C(C2=CCCC=C2)N1. The van der Waals surface area contributed by atoms with Crippen LogP contribution in [-0.4, -0.2) is 29.9 Å². The molecule has 0 bridgehead atoms. The Morgan fingerprint density at radius 2 is 1.84 bits per heavy atom.